The van der Waals surface area contributed by atoms with Crippen LogP contribution in [0.1, 0.15) is 0 Å². The second kappa shape index (κ2) is 11.0. The average Bonchev–Trinajstić information content (AvgIpc) is 2.99. The van der Waals surface area contributed by atoms with Crippen LogP contribution in [0.3, 0.4) is 0 Å². The topological polar surface area (TPSA) is 120 Å². The van der Waals surface area contributed by atoms with Crippen LogP contribution in [0.5, 0.6) is 0 Å². The van der Waals surface area contributed by atoms with E-state index < -0.39 is 0 Å². The van der Waals surface area contributed by atoms with Gasteiger partial charge in [-0.2, -0.15) is 5.48 Å². The molecule has 0 radical (unpaired) electrons. The maximum Gasteiger partial charge on any atom is 0.407 e. The van der Waals surface area contributed by atoms with E-state index in [-0.39, 0.29) is 6.09 Å². The predicted molar refractivity (Wildman–Crippen MR) is 64.3 cm³/mol. The number of aromatic nitrogens is 1. The van der Waals surface area contributed by atoms with Gasteiger partial charge in [0.1, 0.15) is 26.2 Å². The van der Waals surface area contributed by atoms with Crippen LogP contribution in [0.25, 0.3) is 0 Å². The highest BCUT2D eigenvalue weighted by molar-refractivity contribution is 5.68. The van der Waals surface area contributed by atoms with E-state index in [0.29, 0.717) is 13.2 Å². The molecule has 0 spiro atoms. The van der Waals surface area contributed by atoms with Gasteiger partial charge in [-0.1, -0.05) is 0 Å². The van der Waals surface area contributed by atoms with Gasteiger partial charge in [-0.05, 0) is 0 Å². The molecular weight excluding hydrogens is 256 g/mol. The third kappa shape index (κ3) is 12.1. The molecule has 0 bridgehead atoms. The van der Waals surface area contributed by atoms with Crippen molar-refractivity contribution in [3.8, 4) is 0 Å². The lowest BCUT2D eigenvalue weighted by Crippen LogP contribution is -2.11. The quantitative estimate of drug-likeness (QED) is 0.634. The van der Waals surface area contributed by atoms with E-state index in [1.807, 2.05) is 0 Å². The van der Waals surface area contributed by atoms with E-state index in [2.05, 4.69) is 39.5 Å². The molecule has 3 aliphatic heterocycles. The number of amides is 1. The van der Waals surface area contributed by atoms with E-state index >= 15 is 0 Å². The zero-order valence-electron chi connectivity index (χ0n) is 10.3. The molecule has 4 heterocycles. The van der Waals surface area contributed by atoms with Gasteiger partial charge >= 0.3 is 6.09 Å². The van der Waals surface area contributed by atoms with E-state index in [1.165, 1.54) is 19.1 Å². The Kier molecular flexibility index (Phi) is 8.63. The third-order valence-corrected chi connectivity index (χ3v) is 1.58. The Balaban J connectivity index is 0.000000130. The molecule has 0 unspecified atom stereocenters. The molecule has 9 nitrogen and oxygen atoms in total. The lowest BCUT2D eigenvalue weighted by Gasteiger charge is -1.80. The van der Waals surface area contributed by atoms with Gasteiger partial charge < -0.3 is 19.2 Å². The summed E-state index contributed by atoms with van der Waals surface area (Å²) >= 11 is 0. The van der Waals surface area contributed by atoms with Gasteiger partial charge in [-0.25, -0.2) is 9.78 Å². The van der Waals surface area contributed by atoms with Crippen LogP contribution in [0.15, 0.2) is 28.3 Å². The number of nitrogens with zero attached hydrogens (tertiary/aromatic N) is 2. The average molecular weight is 272 g/mol. The van der Waals surface area contributed by atoms with Crippen molar-refractivity contribution >= 4 is 12.5 Å². The van der Waals surface area contributed by atoms with Gasteiger partial charge in [0, 0.05) is 0 Å². The van der Waals surface area contributed by atoms with E-state index in [0.717, 1.165) is 19.9 Å². The highest BCUT2D eigenvalue weighted by Crippen LogP contribution is 1.82. The number of ether oxygens (including phenoxy) is 2. The van der Waals surface area contributed by atoms with Gasteiger partial charge in [0.15, 0.2) is 12.8 Å². The minimum Gasteiger partial charge on any atom is -0.482 e. The van der Waals surface area contributed by atoms with Gasteiger partial charge in [-0.3, -0.25) is 9.83 Å². The molecule has 0 aromatic carbocycles. The van der Waals surface area contributed by atoms with Crippen molar-refractivity contribution in [2.45, 2.75) is 0 Å². The van der Waals surface area contributed by atoms with Crippen molar-refractivity contribution in [2.24, 2.45) is 4.99 Å². The molecular formula is C10H16N4O5. The van der Waals surface area contributed by atoms with Crippen LogP contribution in [-0.2, 0) is 14.3 Å². The molecule has 1 amide bonds. The molecule has 19 heavy (non-hydrogen) atoms. The second-order valence-electron chi connectivity index (χ2n) is 3.05. The first-order valence-corrected chi connectivity index (χ1v) is 5.57. The molecule has 106 valence electrons. The first-order chi connectivity index (χ1) is 9.39. The molecule has 1 aromatic heterocycles. The lowest BCUT2D eigenvalue weighted by atomic mass is 10.7. The Morgan fingerprint density at radius 3 is 2.32 bits per heavy atom. The van der Waals surface area contributed by atoms with Crippen LogP contribution in [0.4, 0.5) is 4.79 Å². The fourth-order valence-corrected chi connectivity index (χ4v) is 0.787. The molecule has 2 fully saturated rings. The van der Waals surface area contributed by atoms with Gasteiger partial charge in [0.05, 0.1) is 19.3 Å². The number of carbonyl (C=O) groups is 1. The fraction of sp³-hybridized carbons (Fsp3) is 0.500. The van der Waals surface area contributed by atoms with E-state index in [4.69, 9.17) is 0 Å². The van der Waals surface area contributed by atoms with Crippen molar-refractivity contribution in [2.75, 3.05) is 33.0 Å². The third-order valence-electron chi connectivity index (χ3n) is 1.58. The zero-order chi connectivity index (χ0) is 13.6. The molecule has 0 aliphatic carbocycles. The summed E-state index contributed by atoms with van der Waals surface area (Å²) in [4.78, 5) is 21.5. The van der Waals surface area contributed by atoms with Crippen molar-refractivity contribution < 1.29 is 23.5 Å². The Bertz CT molecular complexity index is 308. The summed E-state index contributed by atoms with van der Waals surface area (Å²) in [6.45, 7) is 3.57. The van der Waals surface area contributed by atoms with Crippen LogP contribution >= 0.6 is 0 Å². The minimum atomic E-state index is -0.296. The largest absolute Gasteiger partial charge is 0.482 e. The molecule has 2 saturated heterocycles. The highest BCUT2D eigenvalue weighted by atomic mass is 16.8. The normalized spacial score (nSPS) is 17.2. The summed E-state index contributed by atoms with van der Waals surface area (Å²) in [7, 11) is 0. The minimum absolute atomic E-state index is 0.296. The lowest BCUT2D eigenvalue weighted by molar-refractivity contribution is 0.178. The standard InChI is InChI=1S/C3H5NO2.C3H5NO.C3H3NO.CH3NO/c5-3-4-1-2-6-3;2*1-2-5-3-4-1;1-2-3-1/h1-2H2,(H,4,5);3H,1-2H2;1-3H;2H,1H2. The molecule has 4 rings (SSSR count). The zero-order valence-corrected chi connectivity index (χ0v) is 10.3. The van der Waals surface area contributed by atoms with Gasteiger partial charge in [0.25, 0.3) is 0 Å². The molecule has 9 heteroatoms. The maximum absolute atomic E-state index is 9.91. The van der Waals surface area contributed by atoms with Gasteiger partial charge in [-0.15, -0.1) is 0 Å². The summed E-state index contributed by atoms with van der Waals surface area (Å²) in [5.74, 6) is 0. The summed E-state index contributed by atoms with van der Waals surface area (Å²) in [6, 6.07) is 0. The monoisotopic (exact) mass is 272 g/mol. The number of hydroxylamine groups is 1. The Morgan fingerprint density at radius 2 is 2.16 bits per heavy atom. The molecule has 0 atom stereocenters. The maximum atomic E-state index is 9.91. The summed E-state index contributed by atoms with van der Waals surface area (Å²) in [6.07, 6.45) is 5.66. The van der Waals surface area contributed by atoms with Crippen LogP contribution in [-0.4, -0.2) is 50.5 Å². The first kappa shape index (κ1) is 14.9. The summed E-state index contributed by atoms with van der Waals surface area (Å²) in [5, 5.41) is 2.46. The van der Waals surface area contributed by atoms with Crippen molar-refractivity contribution in [1.29, 1.82) is 0 Å². The van der Waals surface area contributed by atoms with Crippen molar-refractivity contribution in [1.82, 2.24) is 15.8 Å². The number of alkyl carbamates (subject to hydrolysis) is 1. The van der Waals surface area contributed by atoms with Gasteiger partial charge in [0.2, 0.25) is 0 Å². The number of nitrogens with one attached hydrogen (secondary N) is 2. The van der Waals surface area contributed by atoms with Crippen LogP contribution < -0.4 is 10.8 Å². The molecule has 3 aliphatic rings. The molecule has 0 saturated carbocycles. The second-order valence-corrected chi connectivity index (χ2v) is 3.05. The fourth-order valence-electron chi connectivity index (χ4n) is 0.787. The smallest absolute Gasteiger partial charge is 0.407 e. The number of aliphatic imine (C=N–C) groups is 1. The number of hydrogen-bond acceptors (Lipinski definition) is 8. The SMILES string of the molecule is C1=NCCO1.C1NO1.O=C1NCCO1.c1cocn1. The Labute approximate surface area is 109 Å². The number of oxazole rings is 1. The Morgan fingerprint density at radius 1 is 1.32 bits per heavy atom. The number of carbonyl (C=O) groups excluding carboxylic acids is 1. The number of hydrogen-bond donors (Lipinski definition) is 2. The summed E-state index contributed by atoms with van der Waals surface area (Å²) in [5.41, 5.74) is 2.50. The van der Waals surface area contributed by atoms with E-state index in [9.17, 15) is 4.79 Å². The highest BCUT2D eigenvalue weighted by Gasteiger charge is 2.06. The first-order valence-electron chi connectivity index (χ1n) is 5.57. The summed E-state index contributed by atoms with van der Waals surface area (Å²) < 4.78 is 13.5. The number of cyclic esters (lactones) is 1. The van der Waals surface area contributed by atoms with Crippen molar-refractivity contribution in [3.63, 3.8) is 0 Å². The van der Waals surface area contributed by atoms with E-state index in [1.54, 1.807) is 6.20 Å². The Hall–Kier alpha value is -2.13. The predicted octanol–water partition coefficient (Wildman–Crippen LogP) is -0.0756. The van der Waals surface area contributed by atoms with Crippen LogP contribution in [0.2, 0.25) is 0 Å². The number of rotatable bonds is 0. The molecule has 2 N–H and O–H groups in total. The van der Waals surface area contributed by atoms with Crippen molar-refractivity contribution in [3.05, 3.63) is 18.9 Å². The molecule has 1 aromatic rings. The van der Waals surface area contributed by atoms with Crippen LogP contribution in [0, 0.1) is 0 Å².